The molecule has 0 saturated carbocycles. The molecule has 3 nitrogen and oxygen atoms in total. The molecule has 3 aromatic rings. The Labute approximate surface area is 197 Å². The zero-order valence-corrected chi connectivity index (χ0v) is 19.6. The van der Waals surface area contributed by atoms with Crippen molar-refractivity contribution in [2.45, 2.75) is 32.1 Å². The Kier molecular flexibility index (Phi) is 6.78. The van der Waals surface area contributed by atoms with Gasteiger partial charge in [0.2, 0.25) is 0 Å². The van der Waals surface area contributed by atoms with E-state index in [1.165, 1.54) is 65.8 Å². The number of aryl methyl sites for hydroxylation is 1. The van der Waals surface area contributed by atoms with Crippen LogP contribution in [0.3, 0.4) is 0 Å². The van der Waals surface area contributed by atoms with Gasteiger partial charge in [-0.25, -0.2) is 0 Å². The third-order valence-electron chi connectivity index (χ3n) is 6.94. The first-order valence-corrected chi connectivity index (χ1v) is 12.2. The molecule has 0 radical (unpaired) electrons. The Morgan fingerprint density at radius 3 is 2.18 bits per heavy atom. The fourth-order valence-corrected chi connectivity index (χ4v) is 5.13. The van der Waals surface area contributed by atoms with Gasteiger partial charge >= 0.3 is 0 Å². The highest BCUT2D eigenvalue weighted by atomic mass is 16.5. The van der Waals surface area contributed by atoms with E-state index in [1.807, 2.05) is 0 Å². The van der Waals surface area contributed by atoms with Crippen LogP contribution in [0.5, 0.6) is 11.5 Å². The molecule has 1 saturated heterocycles. The average molecular weight is 440 g/mol. The van der Waals surface area contributed by atoms with Crippen LogP contribution in [0.4, 0.5) is 0 Å². The number of rotatable bonds is 7. The Hall–Kier alpha value is -3.04. The van der Waals surface area contributed by atoms with E-state index in [1.54, 1.807) is 7.11 Å². The third-order valence-corrected chi connectivity index (χ3v) is 6.94. The van der Waals surface area contributed by atoms with Gasteiger partial charge < -0.3 is 9.47 Å². The minimum atomic E-state index is 0.752. The van der Waals surface area contributed by atoms with E-state index in [0.29, 0.717) is 0 Å². The van der Waals surface area contributed by atoms with Crippen molar-refractivity contribution in [2.24, 2.45) is 0 Å². The lowest BCUT2D eigenvalue weighted by Gasteiger charge is -2.26. The summed E-state index contributed by atoms with van der Waals surface area (Å²) in [7, 11) is 1.72. The molecule has 3 heteroatoms. The van der Waals surface area contributed by atoms with Crippen LogP contribution in [0.1, 0.15) is 47.9 Å². The number of hydrogen-bond donors (Lipinski definition) is 0. The molecule has 0 unspecified atom stereocenters. The van der Waals surface area contributed by atoms with Crippen LogP contribution in [-0.4, -0.2) is 38.3 Å². The third kappa shape index (κ3) is 4.99. The fraction of sp³-hybridized carbons (Fsp3) is 0.333. The molecular weight excluding hydrogens is 406 g/mol. The molecule has 0 spiro atoms. The van der Waals surface area contributed by atoms with Gasteiger partial charge in [-0.15, -0.1) is 0 Å². The number of benzene rings is 3. The van der Waals surface area contributed by atoms with E-state index in [2.05, 4.69) is 77.7 Å². The molecule has 33 heavy (non-hydrogen) atoms. The maximum atomic E-state index is 6.09. The van der Waals surface area contributed by atoms with Crippen LogP contribution in [-0.2, 0) is 6.42 Å². The van der Waals surface area contributed by atoms with Crippen LogP contribution in [0.15, 0.2) is 72.8 Å². The first-order chi connectivity index (χ1) is 16.3. The molecule has 1 heterocycles. The Bertz CT molecular complexity index is 1090. The van der Waals surface area contributed by atoms with Crippen molar-refractivity contribution in [1.82, 2.24) is 4.90 Å². The summed E-state index contributed by atoms with van der Waals surface area (Å²) in [6.45, 7) is 4.19. The summed E-state index contributed by atoms with van der Waals surface area (Å²) in [5.41, 5.74) is 8.01. The van der Waals surface area contributed by atoms with Gasteiger partial charge in [-0.05, 0) is 96.4 Å². The minimum absolute atomic E-state index is 0.752. The zero-order chi connectivity index (χ0) is 22.5. The fourth-order valence-electron chi connectivity index (χ4n) is 5.13. The number of fused-ring (bicyclic) bond motifs is 1. The lowest BCUT2D eigenvalue weighted by Crippen LogP contribution is -2.33. The van der Waals surface area contributed by atoms with Crippen molar-refractivity contribution >= 4 is 11.1 Å². The van der Waals surface area contributed by atoms with Crippen molar-refractivity contribution in [1.29, 1.82) is 0 Å². The predicted molar refractivity (Wildman–Crippen MR) is 136 cm³/mol. The van der Waals surface area contributed by atoms with Crippen LogP contribution < -0.4 is 9.47 Å². The molecule has 1 aliphatic heterocycles. The molecule has 170 valence electrons. The quantitative estimate of drug-likeness (QED) is 0.421. The predicted octanol–water partition coefficient (Wildman–Crippen LogP) is 6.47. The summed E-state index contributed by atoms with van der Waals surface area (Å²) in [5.74, 6) is 1.84. The maximum absolute atomic E-state index is 6.09. The molecule has 2 aliphatic rings. The van der Waals surface area contributed by atoms with Crippen molar-refractivity contribution in [3.05, 3.63) is 95.1 Å². The standard InChI is InChI=1S/C30H33NO2/c1-32-26-14-9-24(10-15-26)29-18-13-23-7-3-4-8-28(23)30(29)25-11-16-27(17-12-25)33-22-21-31-19-5-2-6-20-31/h3-4,7-12,14-17H,2,5-6,13,18-22H2,1H3. The molecular formula is C30H33NO2. The SMILES string of the molecule is COc1ccc(C2=C(c3ccc(OCCN4CCCCC4)cc3)c3ccccc3CC2)cc1. The smallest absolute Gasteiger partial charge is 0.119 e. The Morgan fingerprint density at radius 1 is 0.727 bits per heavy atom. The maximum Gasteiger partial charge on any atom is 0.119 e. The van der Waals surface area contributed by atoms with E-state index in [9.17, 15) is 0 Å². The Morgan fingerprint density at radius 2 is 1.42 bits per heavy atom. The number of methoxy groups -OCH3 is 1. The lowest BCUT2D eigenvalue weighted by molar-refractivity contribution is 0.183. The number of likely N-dealkylation sites (tertiary alicyclic amines) is 1. The highest BCUT2D eigenvalue weighted by molar-refractivity contribution is 6.00. The number of nitrogens with zero attached hydrogens (tertiary/aromatic N) is 1. The zero-order valence-electron chi connectivity index (χ0n) is 19.6. The van der Waals surface area contributed by atoms with E-state index in [4.69, 9.17) is 9.47 Å². The van der Waals surface area contributed by atoms with Crippen LogP contribution >= 0.6 is 0 Å². The van der Waals surface area contributed by atoms with Gasteiger partial charge in [0.25, 0.3) is 0 Å². The van der Waals surface area contributed by atoms with E-state index < -0.39 is 0 Å². The highest BCUT2D eigenvalue weighted by Crippen LogP contribution is 2.41. The summed E-state index contributed by atoms with van der Waals surface area (Å²) in [4.78, 5) is 2.52. The number of allylic oxidation sites excluding steroid dienone is 1. The highest BCUT2D eigenvalue weighted by Gasteiger charge is 2.21. The van der Waals surface area contributed by atoms with Crippen LogP contribution in [0.2, 0.25) is 0 Å². The number of ether oxygens (including phenoxy) is 2. The van der Waals surface area contributed by atoms with Crippen LogP contribution in [0, 0.1) is 0 Å². The van der Waals surface area contributed by atoms with Crippen molar-refractivity contribution in [3.8, 4) is 11.5 Å². The van der Waals surface area contributed by atoms with Crippen molar-refractivity contribution in [2.75, 3.05) is 33.4 Å². The normalized spacial score (nSPS) is 16.4. The second-order valence-corrected chi connectivity index (χ2v) is 9.01. The van der Waals surface area contributed by atoms with Gasteiger partial charge in [0.15, 0.2) is 0 Å². The first-order valence-electron chi connectivity index (χ1n) is 12.2. The topological polar surface area (TPSA) is 21.7 Å². The average Bonchev–Trinajstić information content (AvgIpc) is 2.89. The van der Waals surface area contributed by atoms with E-state index in [-0.39, 0.29) is 0 Å². The van der Waals surface area contributed by atoms with Crippen molar-refractivity contribution < 1.29 is 9.47 Å². The van der Waals surface area contributed by atoms with Gasteiger partial charge in [-0.1, -0.05) is 55.0 Å². The molecule has 0 amide bonds. The lowest BCUT2D eigenvalue weighted by atomic mass is 9.80. The minimum Gasteiger partial charge on any atom is -0.497 e. The number of piperidine rings is 1. The summed E-state index contributed by atoms with van der Waals surface area (Å²) in [6.07, 6.45) is 6.12. The second kappa shape index (κ2) is 10.3. The largest absolute Gasteiger partial charge is 0.497 e. The summed E-state index contributed by atoms with van der Waals surface area (Å²) in [5, 5.41) is 0. The summed E-state index contributed by atoms with van der Waals surface area (Å²) >= 11 is 0. The Balaban J connectivity index is 1.40. The molecule has 1 fully saturated rings. The molecule has 0 bridgehead atoms. The monoisotopic (exact) mass is 439 g/mol. The molecule has 0 atom stereocenters. The van der Waals surface area contributed by atoms with E-state index in [0.717, 1.165) is 37.5 Å². The second-order valence-electron chi connectivity index (χ2n) is 9.01. The first kappa shape index (κ1) is 21.8. The van der Waals surface area contributed by atoms with Gasteiger partial charge in [-0.3, -0.25) is 4.90 Å². The van der Waals surface area contributed by atoms with Gasteiger partial charge in [0, 0.05) is 6.54 Å². The summed E-state index contributed by atoms with van der Waals surface area (Å²) in [6, 6.07) is 26.0. The number of hydrogen-bond acceptors (Lipinski definition) is 3. The molecule has 1 aliphatic carbocycles. The molecule has 0 N–H and O–H groups in total. The molecule has 3 aromatic carbocycles. The van der Waals surface area contributed by atoms with Gasteiger partial charge in [0.1, 0.15) is 18.1 Å². The van der Waals surface area contributed by atoms with Gasteiger partial charge in [0.05, 0.1) is 7.11 Å². The summed E-state index contributed by atoms with van der Waals surface area (Å²) < 4.78 is 11.5. The van der Waals surface area contributed by atoms with E-state index >= 15 is 0 Å². The van der Waals surface area contributed by atoms with Gasteiger partial charge in [-0.2, -0.15) is 0 Å². The van der Waals surface area contributed by atoms with Crippen molar-refractivity contribution in [3.63, 3.8) is 0 Å². The molecule has 0 aromatic heterocycles. The molecule has 5 rings (SSSR count). The van der Waals surface area contributed by atoms with Crippen LogP contribution in [0.25, 0.3) is 11.1 Å².